The monoisotopic (exact) mass is 785 g/mol. The fourth-order valence-electron chi connectivity index (χ4n) is 7.23. The Kier molecular flexibility index (Phi) is 14.0. The van der Waals surface area contributed by atoms with Crippen LogP contribution in [-0.2, 0) is 29.2 Å². The molecular formula is C38H44KN5O9S. The first-order valence-corrected chi connectivity index (χ1v) is 19.0. The molecule has 0 radical (unpaired) electrons. The number of methoxy groups -OCH3 is 1. The Bertz CT molecular complexity index is 2160. The SMILES string of the molecule is CC[C@H]1C2=CC3=NC(=C(CC(=O)OC)C4=NC(=CC5=C(C)/C(=C(/C)O)C(=N5)C=C(N2)[C@@H]1C)C(C)=C4CCC(=O)O)C(C(=O)NCCCS(=O)(=O)[O-])=C3C.[K+]. The maximum Gasteiger partial charge on any atom is 1.00 e. The van der Waals surface area contributed by atoms with Gasteiger partial charge in [-0.2, -0.15) is 0 Å². The van der Waals surface area contributed by atoms with E-state index in [2.05, 4.69) is 24.5 Å². The fourth-order valence-corrected chi connectivity index (χ4v) is 7.73. The second kappa shape index (κ2) is 17.5. The molecule has 54 heavy (non-hydrogen) atoms. The van der Waals surface area contributed by atoms with E-state index < -0.39 is 33.7 Å². The molecule has 2 atom stereocenters. The number of amides is 1. The van der Waals surface area contributed by atoms with Gasteiger partial charge in [0.05, 0.1) is 69.2 Å². The number of carbonyl (C=O) groups is 3. The molecule has 5 rings (SSSR count). The third-order valence-electron chi connectivity index (χ3n) is 10.1. The number of carbonyl (C=O) groups excluding carboxylic acids is 2. The van der Waals surface area contributed by atoms with Crippen molar-refractivity contribution >= 4 is 45.1 Å². The van der Waals surface area contributed by atoms with Crippen LogP contribution in [0, 0.1) is 11.8 Å². The second-order valence-electron chi connectivity index (χ2n) is 13.5. The van der Waals surface area contributed by atoms with Crippen LogP contribution in [0.5, 0.6) is 0 Å². The molecule has 4 N–H and O–H groups in total. The van der Waals surface area contributed by atoms with Crippen molar-refractivity contribution in [3.05, 3.63) is 91.5 Å². The van der Waals surface area contributed by atoms with E-state index in [-0.39, 0.29) is 124 Å². The first-order valence-electron chi connectivity index (χ1n) is 17.4. The molecular weight excluding hydrogens is 742 g/mol. The summed E-state index contributed by atoms with van der Waals surface area (Å²) in [5.41, 5.74) is 7.39. The van der Waals surface area contributed by atoms with Gasteiger partial charge < -0.3 is 30.1 Å². The Hall–Kier alpha value is -3.51. The van der Waals surface area contributed by atoms with Gasteiger partial charge in [-0.25, -0.2) is 23.4 Å². The summed E-state index contributed by atoms with van der Waals surface area (Å²) in [7, 11) is -3.27. The van der Waals surface area contributed by atoms with E-state index >= 15 is 0 Å². The van der Waals surface area contributed by atoms with Crippen molar-refractivity contribution < 1.29 is 93.7 Å². The number of aliphatic carboxylic acids is 1. The molecule has 1 fully saturated rings. The topological polar surface area (TPSA) is 219 Å². The fraction of sp³-hybridized carbons (Fsp3) is 0.421. The summed E-state index contributed by atoms with van der Waals surface area (Å²) in [5, 5.41) is 26.7. The second-order valence-corrected chi connectivity index (χ2v) is 15.1. The molecule has 16 heteroatoms. The number of rotatable bonds is 11. The molecule has 5 heterocycles. The number of nitrogens with zero attached hydrogens (tertiary/aromatic N) is 3. The Morgan fingerprint density at radius 3 is 2.28 bits per heavy atom. The average molecular weight is 786 g/mol. The van der Waals surface area contributed by atoms with Gasteiger partial charge in [-0.1, -0.05) is 13.8 Å². The maximum absolute atomic E-state index is 14.0. The van der Waals surface area contributed by atoms with Gasteiger partial charge in [0, 0.05) is 53.1 Å². The summed E-state index contributed by atoms with van der Waals surface area (Å²) in [4.78, 5) is 53.8. The number of esters is 1. The van der Waals surface area contributed by atoms with Gasteiger partial charge in [-0.05, 0) is 87.5 Å². The van der Waals surface area contributed by atoms with Crippen LogP contribution >= 0.6 is 0 Å². The number of hydrogen-bond acceptors (Lipinski definition) is 12. The molecule has 14 nitrogen and oxygen atoms in total. The third-order valence-corrected chi connectivity index (χ3v) is 10.9. The van der Waals surface area contributed by atoms with Gasteiger partial charge >= 0.3 is 63.3 Å². The van der Waals surface area contributed by atoms with Gasteiger partial charge in [0.1, 0.15) is 0 Å². The van der Waals surface area contributed by atoms with Gasteiger partial charge in [0.25, 0.3) is 5.91 Å². The summed E-state index contributed by atoms with van der Waals surface area (Å²) < 4.78 is 38.7. The summed E-state index contributed by atoms with van der Waals surface area (Å²) >= 11 is 0. The van der Waals surface area contributed by atoms with Crippen LogP contribution in [0.2, 0.25) is 0 Å². The predicted molar refractivity (Wildman–Crippen MR) is 199 cm³/mol. The standard InChI is InChI=1S/C38H45N5O9S.K/c1-8-23-18(2)26-17-31-34(22(6)44)20(4)28(41-31)15-27-19(3)24(10-11-32(45)46)36(42-27)25(14-33(47)52-7)37-35(21(5)29(43-37)16-30(23)40-26)38(48)39-12-9-13-53(49,50)51;/h15-18,23,40,44H,8-14H2,1-7H3,(H,39,48)(H,45,46)(H,49,50,51);/q;+1/p-1/b26-17?,27-15?,30-16?,34-22+,37-25?;/t18-,23-;/m1./s1. The smallest absolute Gasteiger partial charge is 0.748 e. The molecule has 0 spiro atoms. The molecule has 1 amide bonds. The van der Waals surface area contributed by atoms with Crippen LogP contribution in [-0.4, -0.2) is 77.6 Å². The zero-order valence-corrected chi connectivity index (χ0v) is 35.8. The number of ether oxygens (including phenoxy) is 1. The van der Waals surface area contributed by atoms with Crippen molar-refractivity contribution in [2.75, 3.05) is 19.4 Å². The number of aliphatic hydroxyl groups excluding tert-OH is 1. The first-order chi connectivity index (χ1) is 24.9. The quantitative estimate of drug-likeness (QED) is 0.0782. The zero-order valence-electron chi connectivity index (χ0n) is 31.8. The minimum atomic E-state index is -4.50. The van der Waals surface area contributed by atoms with Crippen molar-refractivity contribution in [3.8, 4) is 0 Å². The van der Waals surface area contributed by atoms with Crippen LogP contribution < -0.4 is 62.0 Å². The van der Waals surface area contributed by atoms with Crippen LogP contribution in [0.4, 0.5) is 0 Å². The number of nitrogens with one attached hydrogen (secondary N) is 2. The van der Waals surface area contributed by atoms with Crippen LogP contribution in [0.1, 0.15) is 73.6 Å². The maximum atomic E-state index is 14.0. The van der Waals surface area contributed by atoms with E-state index in [9.17, 15) is 37.6 Å². The Morgan fingerprint density at radius 2 is 1.67 bits per heavy atom. The molecule has 0 aromatic rings. The summed E-state index contributed by atoms with van der Waals surface area (Å²) in [6, 6.07) is 0. The van der Waals surface area contributed by atoms with Crippen molar-refractivity contribution in [3.63, 3.8) is 0 Å². The molecule has 0 saturated carbocycles. The Balaban J connectivity index is 0.00000650. The van der Waals surface area contributed by atoms with Crippen molar-refractivity contribution in [2.45, 2.75) is 73.6 Å². The van der Waals surface area contributed by atoms with Crippen molar-refractivity contribution in [2.24, 2.45) is 26.8 Å². The minimum Gasteiger partial charge on any atom is -0.748 e. The number of carboxylic acid groups (broad SMARTS) is 1. The molecule has 0 aromatic heterocycles. The number of aliphatic hydroxyl groups is 1. The summed E-state index contributed by atoms with van der Waals surface area (Å²) in [6.07, 6.45) is 5.62. The predicted octanol–water partition coefficient (Wildman–Crippen LogP) is 1.76. The number of hydrogen-bond donors (Lipinski definition) is 4. The molecule has 8 bridgehead atoms. The van der Waals surface area contributed by atoms with E-state index in [0.29, 0.717) is 50.7 Å². The Morgan fingerprint density at radius 1 is 0.981 bits per heavy atom. The van der Waals surface area contributed by atoms with Crippen LogP contribution in [0.25, 0.3) is 0 Å². The molecule has 0 unspecified atom stereocenters. The van der Waals surface area contributed by atoms with Gasteiger partial charge in [-0.3, -0.25) is 14.4 Å². The first kappa shape index (κ1) is 43.2. The number of allylic oxidation sites excluding steroid dienone is 11. The van der Waals surface area contributed by atoms with Gasteiger partial charge in [0.15, 0.2) is 0 Å². The molecule has 0 aliphatic carbocycles. The number of fused-ring (bicyclic) bond motifs is 5. The van der Waals surface area contributed by atoms with E-state index in [1.54, 1.807) is 26.8 Å². The Labute approximate surface area is 357 Å². The van der Waals surface area contributed by atoms with E-state index in [0.717, 1.165) is 17.8 Å². The molecule has 282 valence electrons. The summed E-state index contributed by atoms with van der Waals surface area (Å²) in [5.74, 6) is -2.82. The third kappa shape index (κ3) is 9.12. The van der Waals surface area contributed by atoms with E-state index in [1.165, 1.54) is 7.11 Å². The largest absolute Gasteiger partial charge is 1.00 e. The number of carboxylic acids is 1. The van der Waals surface area contributed by atoms with Crippen LogP contribution in [0.3, 0.4) is 0 Å². The molecule has 5 aliphatic rings. The van der Waals surface area contributed by atoms with E-state index in [4.69, 9.17) is 19.7 Å². The normalized spacial score (nSPS) is 21.9. The molecule has 0 aromatic carbocycles. The zero-order chi connectivity index (χ0) is 38.9. The summed E-state index contributed by atoms with van der Waals surface area (Å²) in [6.45, 7) is 11.0. The molecule has 5 aliphatic heterocycles. The van der Waals surface area contributed by atoms with Crippen molar-refractivity contribution in [1.82, 2.24) is 10.6 Å². The average Bonchev–Trinajstić information content (AvgIpc) is 3.77. The van der Waals surface area contributed by atoms with Crippen LogP contribution in [0.15, 0.2) is 106 Å². The van der Waals surface area contributed by atoms with Crippen molar-refractivity contribution in [1.29, 1.82) is 0 Å². The van der Waals surface area contributed by atoms with Gasteiger partial charge in [-0.15, -0.1) is 0 Å². The minimum absolute atomic E-state index is 0. The van der Waals surface area contributed by atoms with Gasteiger partial charge in [0.2, 0.25) is 0 Å². The number of aliphatic imine (C=N–C) groups is 3. The van der Waals surface area contributed by atoms with E-state index in [1.807, 2.05) is 19.1 Å². The molecule has 1 saturated heterocycles.